The van der Waals surface area contributed by atoms with Crippen molar-refractivity contribution in [3.8, 4) is 45.8 Å². The van der Waals surface area contributed by atoms with Crippen LogP contribution in [-0.2, 0) is 0 Å². The second-order valence-corrected chi connectivity index (χ2v) is 12.7. The van der Waals surface area contributed by atoms with Gasteiger partial charge in [0.2, 0.25) is 0 Å². The van der Waals surface area contributed by atoms with Crippen molar-refractivity contribution in [2.45, 2.75) is 0 Å². The van der Waals surface area contributed by atoms with Gasteiger partial charge in [-0.25, -0.2) is 9.69 Å². The van der Waals surface area contributed by atoms with Gasteiger partial charge in [-0.2, -0.15) is 10.5 Å². The van der Waals surface area contributed by atoms with E-state index in [1.54, 1.807) is 6.07 Å². The standard InChI is InChI=1S/C46H24N6/c1-49-35-14-16-45-41(25-35)42-26-36(50-2)15-17-46(42)52(45)38-23-33(31-9-7-8-29(18-31)27-47)21-34(24-38)32-19-30(28-48)20-37(22-32)51-43-12-5-3-10-39(43)40-11-4-6-13-44(40)51/h3-26H. The van der Waals surface area contributed by atoms with Crippen LogP contribution in [0, 0.1) is 35.8 Å². The second kappa shape index (κ2) is 11.9. The first-order chi connectivity index (χ1) is 25.6. The smallest absolute Gasteiger partial charge is 0.188 e. The monoisotopic (exact) mass is 660 g/mol. The Morgan fingerprint density at radius 3 is 1.44 bits per heavy atom. The third-order valence-electron chi connectivity index (χ3n) is 9.71. The molecule has 0 radical (unpaired) electrons. The van der Waals surface area contributed by atoms with Crippen LogP contribution in [0.3, 0.4) is 0 Å². The minimum absolute atomic E-state index is 0.522. The quantitative estimate of drug-likeness (QED) is 0.176. The predicted octanol–water partition coefficient (Wildman–Crippen LogP) is 12.1. The molecule has 238 valence electrons. The number of benzene rings is 7. The molecular formula is C46H24N6. The molecule has 0 N–H and O–H groups in total. The topological polar surface area (TPSA) is 66.2 Å². The number of nitriles is 2. The zero-order valence-corrected chi connectivity index (χ0v) is 27.5. The molecule has 6 nitrogen and oxygen atoms in total. The van der Waals surface area contributed by atoms with Crippen molar-refractivity contribution < 1.29 is 0 Å². The number of hydrogen-bond acceptors (Lipinski definition) is 2. The van der Waals surface area contributed by atoms with Crippen LogP contribution in [0.1, 0.15) is 11.1 Å². The van der Waals surface area contributed by atoms with Crippen molar-refractivity contribution in [2.24, 2.45) is 0 Å². The molecule has 2 aromatic heterocycles. The van der Waals surface area contributed by atoms with Crippen LogP contribution >= 0.6 is 0 Å². The van der Waals surface area contributed by atoms with E-state index in [1.807, 2.05) is 91.0 Å². The van der Waals surface area contributed by atoms with Crippen LogP contribution in [0.15, 0.2) is 146 Å². The molecule has 0 aliphatic carbocycles. The zero-order chi connectivity index (χ0) is 35.3. The van der Waals surface area contributed by atoms with E-state index in [4.69, 9.17) is 13.1 Å². The summed E-state index contributed by atoms with van der Waals surface area (Å²) in [6.07, 6.45) is 0. The summed E-state index contributed by atoms with van der Waals surface area (Å²) >= 11 is 0. The summed E-state index contributed by atoms with van der Waals surface area (Å²) in [4.78, 5) is 7.37. The molecule has 9 aromatic rings. The van der Waals surface area contributed by atoms with Gasteiger partial charge in [0.1, 0.15) is 0 Å². The summed E-state index contributed by atoms with van der Waals surface area (Å²) in [5.41, 5.74) is 11.3. The summed E-state index contributed by atoms with van der Waals surface area (Å²) < 4.78 is 4.38. The molecule has 0 amide bonds. The van der Waals surface area contributed by atoms with Crippen LogP contribution in [-0.4, -0.2) is 9.13 Å². The normalized spacial score (nSPS) is 11.0. The number of hydrogen-bond donors (Lipinski definition) is 0. The summed E-state index contributed by atoms with van der Waals surface area (Å²) in [6.45, 7) is 15.3. The fourth-order valence-corrected chi connectivity index (χ4v) is 7.43. The molecule has 0 saturated heterocycles. The molecule has 52 heavy (non-hydrogen) atoms. The minimum Gasteiger partial charge on any atom is -0.309 e. The lowest BCUT2D eigenvalue weighted by molar-refractivity contribution is 1.17. The third kappa shape index (κ3) is 4.77. The van der Waals surface area contributed by atoms with E-state index in [0.717, 1.165) is 77.2 Å². The van der Waals surface area contributed by atoms with Crippen LogP contribution < -0.4 is 0 Å². The number of para-hydroxylation sites is 2. The molecular weight excluding hydrogens is 637 g/mol. The lowest BCUT2D eigenvalue weighted by atomic mass is 9.95. The Labute approximate surface area is 299 Å². The van der Waals surface area contributed by atoms with E-state index in [2.05, 4.69) is 79.5 Å². The molecule has 0 aliphatic heterocycles. The Bertz CT molecular complexity index is 3010. The minimum atomic E-state index is 0.522. The highest BCUT2D eigenvalue weighted by molar-refractivity contribution is 6.12. The fourth-order valence-electron chi connectivity index (χ4n) is 7.43. The van der Waals surface area contributed by atoms with Crippen LogP contribution in [0.5, 0.6) is 0 Å². The maximum atomic E-state index is 10.3. The summed E-state index contributed by atoms with van der Waals surface area (Å²) in [5, 5.41) is 24.1. The summed E-state index contributed by atoms with van der Waals surface area (Å²) in [5.74, 6) is 0. The molecule has 0 spiro atoms. The molecule has 0 saturated carbocycles. The Balaban J connectivity index is 1.35. The van der Waals surface area contributed by atoms with E-state index in [1.165, 1.54) is 0 Å². The van der Waals surface area contributed by atoms with Crippen LogP contribution in [0.25, 0.3) is 86.9 Å². The van der Waals surface area contributed by atoms with E-state index in [9.17, 15) is 10.5 Å². The van der Waals surface area contributed by atoms with Crippen molar-refractivity contribution in [3.05, 3.63) is 180 Å². The Kier molecular flexibility index (Phi) is 6.91. The average molecular weight is 661 g/mol. The van der Waals surface area contributed by atoms with Gasteiger partial charge < -0.3 is 9.13 Å². The lowest BCUT2D eigenvalue weighted by Crippen LogP contribution is -1.98. The van der Waals surface area contributed by atoms with E-state index >= 15 is 0 Å². The number of fused-ring (bicyclic) bond motifs is 6. The van der Waals surface area contributed by atoms with Gasteiger partial charge in [0, 0.05) is 22.1 Å². The maximum absolute atomic E-state index is 10.3. The SMILES string of the molecule is [C-]#[N+]c1ccc2c(c1)c1cc([N+]#[C-])ccc1n2-c1cc(-c2cccc(C#N)c2)cc(-c2cc(C#N)cc(-n3c4ccccc4c4ccccc43)c2)c1. The van der Waals surface area contributed by atoms with Gasteiger partial charge in [-0.15, -0.1) is 0 Å². The third-order valence-corrected chi connectivity index (χ3v) is 9.71. The van der Waals surface area contributed by atoms with Gasteiger partial charge in [-0.3, -0.25) is 0 Å². The molecule has 2 heterocycles. The van der Waals surface area contributed by atoms with Gasteiger partial charge in [0.05, 0.1) is 58.5 Å². The molecule has 6 heteroatoms. The highest BCUT2D eigenvalue weighted by atomic mass is 15.0. The Morgan fingerprint density at radius 2 is 0.885 bits per heavy atom. The Morgan fingerprint density at radius 1 is 0.404 bits per heavy atom. The summed E-state index contributed by atoms with van der Waals surface area (Å²) in [6, 6.07) is 52.5. The van der Waals surface area contributed by atoms with Gasteiger partial charge >= 0.3 is 0 Å². The molecule has 0 aliphatic rings. The predicted molar refractivity (Wildman–Crippen MR) is 208 cm³/mol. The molecule has 0 unspecified atom stereocenters. The molecule has 9 rings (SSSR count). The number of rotatable bonds is 4. The van der Waals surface area contributed by atoms with E-state index in [-0.39, 0.29) is 0 Å². The average Bonchev–Trinajstić information content (AvgIpc) is 3.72. The fraction of sp³-hybridized carbons (Fsp3) is 0. The highest BCUT2D eigenvalue weighted by Crippen LogP contribution is 2.40. The lowest BCUT2D eigenvalue weighted by Gasteiger charge is -2.16. The number of nitrogens with zero attached hydrogens (tertiary/aromatic N) is 6. The van der Waals surface area contributed by atoms with Gasteiger partial charge in [-0.1, -0.05) is 60.7 Å². The first kappa shape index (κ1) is 30.2. The maximum Gasteiger partial charge on any atom is 0.188 e. The first-order valence-corrected chi connectivity index (χ1v) is 16.6. The largest absolute Gasteiger partial charge is 0.309 e. The highest BCUT2D eigenvalue weighted by Gasteiger charge is 2.18. The molecule has 0 bridgehead atoms. The second-order valence-electron chi connectivity index (χ2n) is 12.7. The van der Waals surface area contributed by atoms with Crippen molar-refractivity contribution in [1.29, 1.82) is 10.5 Å². The molecule has 0 fully saturated rings. The van der Waals surface area contributed by atoms with Crippen molar-refractivity contribution in [1.82, 2.24) is 9.13 Å². The van der Waals surface area contributed by atoms with Crippen LogP contribution in [0.4, 0.5) is 11.4 Å². The van der Waals surface area contributed by atoms with Crippen molar-refractivity contribution >= 4 is 55.0 Å². The van der Waals surface area contributed by atoms with Crippen molar-refractivity contribution in [3.63, 3.8) is 0 Å². The van der Waals surface area contributed by atoms with Gasteiger partial charge in [0.25, 0.3) is 0 Å². The first-order valence-electron chi connectivity index (χ1n) is 16.6. The summed E-state index contributed by atoms with van der Waals surface area (Å²) in [7, 11) is 0. The van der Waals surface area contributed by atoms with Gasteiger partial charge in [-0.05, 0) is 118 Å². The van der Waals surface area contributed by atoms with Crippen LogP contribution in [0.2, 0.25) is 0 Å². The van der Waals surface area contributed by atoms with E-state index < -0.39 is 0 Å². The Hall–Kier alpha value is -7.90. The number of aromatic nitrogens is 2. The van der Waals surface area contributed by atoms with Crippen molar-refractivity contribution in [2.75, 3.05) is 0 Å². The molecule has 0 atom stereocenters. The van der Waals surface area contributed by atoms with Gasteiger partial charge in [0.15, 0.2) is 11.4 Å². The van der Waals surface area contributed by atoms with E-state index in [0.29, 0.717) is 22.5 Å². The molecule has 7 aromatic carbocycles. The zero-order valence-electron chi connectivity index (χ0n) is 27.5.